The third-order valence-electron chi connectivity index (χ3n) is 4.63. The van der Waals surface area contributed by atoms with Gasteiger partial charge < -0.3 is 4.57 Å². The summed E-state index contributed by atoms with van der Waals surface area (Å²) in [7, 11) is 0. The number of para-hydroxylation sites is 1. The van der Waals surface area contributed by atoms with Gasteiger partial charge in [0.1, 0.15) is 11.4 Å². The van der Waals surface area contributed by atoms with E-state index < -0.39 is 0 Å². The van der Waals surface area contributed by atoms with E-state index in [1.165, 1.54) is 22.2 Å². The van der Waals surface area contributed by atoms with Crippen LogP contribution in [0, 0.1) is 26.8 Å². The zero-order valence-electron chi connectivity index (χ0n) is 12.8. The molecule has 3 aromatic rings. The van der Waals surface area contributed by atoms with Crippen LogP contribution in [0.4, 0.5) is 0 Å². The molecule has 2 heterocycles. The van der Waals surface area contributed by atoms with Crippen LogP contribution in [-0.2, 0) is 6.54 Å². The molecule has 4 nitrogen and oxygen atoms in total. The molecule has 0 saturated heterocycles. The van der Waals surface area contributed by atoms with Crippen molar-refractivity contribution in [1.82, 2.24) is 9.55 Å². The first-order chi connectivity index (χ1) is 10.6. The van der Waals surface area contributed by atoms with Crippen molar-refractivity contribution in [2.75, 3.05) is 0 Å². The van der Waals surface area contributed by atoms with Gasteiger partial charge in [0.2, 0.25) is 5.01 Å². The molecule has 0 atom stereocenters. The molecule has 1 aliphatic heterocycles. The highest BCUT2D eigenvalue weighted by atomic mass is 16.4. The normalized spacial score (nSPS) is 12.0. The fourth-order valence-electron chi connectivity index (χ4n) is 3.56. The van der Waals surface area contributed by atoms with Gasteiger partial charge in [-0.25, -0.2) is 4.98 Å². The van der Waals surface area contributed by atoms with Crippen LogP contribution in [0.5, 0.6) is 0 Å². The van der Waals surface area contributed by atoms with Crippen LogP contribution in [0.1, 0.15) is 28.1 Å². The molecular formula is C18H16N3O+. The van der Waals surface area contributed by atoms with Gasteiger partial charge in [-0.3, -0.25) is 0 Å². The Labute approximate surface area is 128 Å². The molecule has 4 rings (SSSR count). The van der Waals surface area contributed by atoms with Crippen LogP contribution in [0.25, 0.3) is 27.2 Å². The number of hydrogen-bond acceptors (Lipinski definition) is 2. The Morgan fingerprint density at radius 1 is 1.23 bits per heavy atom. The lowest BCUT2D eigenvalue weighted by molar-refractivity contribution is 0.465. The summed E-state index contributed by atoms with van der Waals surface area (Å²) in [6, 6.07) is 11.1. The van der Waals surface area contributed by atoms with Crippen molar-refractivity contribution in [3.05, 3.63) is 57.4 Å². The highest BCUT2D eigenvalue weighted by molar-refractivity contribution is 5.95. The van der Waals surface area contributed by atoms with E-state index in [1.807, 2.05) is 13.8 Å². The van der Waals surface area contributed by atoms with Crippen molar-refractivity contribution in [2.45, 2.75) is 27.3 Å². The number of benzene rings is 2. The summed E-state index contributed by atoms with van der Waals surface area (Å²) in [5.41, 5.74) is 9.02. The average molecular weight is 290 g/mol. The topological polar surface area (TPSA) is 42.4 Å². The molecule has 0 spiro atoms. The Hall–Kier alpha value is -2.80. The molecule has 2 aromatic carbocycles. The Balaban J connectivity index is 2.13. The number of nitrogens with zero attached hydrogens (tertiary/aromatic N) is 3. The molecule has 0 bridgehead atoms. The van der Waals surface area contributed by atoms with Crippen molar-refractivity contribution in [3.8, 4) is 17.2 Å². The second-order valence-electron chi connectivity index (χ2n) is 5.85. The first-order valence-corrected chi connectivity index (χ1v) is 7.31. The summed E-state index contributed by atoms with van der Waals surface area (Å²) in [4.78, 5) is 4.67. The average Bonchev–Trinajstić information content (AvgIpc) is 2.82. The van der Waals surface area contributed by atoms with Crippen molar-refractivity contribution >= 4 is 11.0 Å². The van der Waals surface area contributed by atoms with Crippen LogP contribution in [0.15, 0.2) is 24.3 Å². The van der Waals surface area contributed by atoms with E-state index in [4.69, 9.17) is 5.21 Å². The zero-order chi connectivity index (χ0) is 15.4. The first-order valence-electron chi connectivity index (χ1n) is 7.31. The number of fused-ring (bicyclic) bond motifs is 2. The van der Waals surface area contributed by atoms with Crippen LogP contribution in [0.3, 0.4) is 0 Å². The lowest BCUT2D eigenvalue weighted by Crippen LogP contribution is -2.12. The van der Waals surface area contributed by atoms with Crippen molar-refractivity contribution in [1.29, 1.82) is 0 Å². The summed E-state index contributed by atoms with van der Waals surface area (Å²) >= 11 is 0. The van der Waals surface area contributed by atoms with E-state index in [-0.39, 0.29) is 0 Å². The Bertz CT molecular complexity index is 1000. The summed E-state index contributed by atoms with van der Waals surface area (Å²) in [5.74, 6) is 1.02. The van der Waals surface area contributed by atoms with Crippen molar-refractivity contribution < 1.29 is 5.21 Å². The summed E-state index contributed by atoms with van der Waals surface area (Å²) in [5, 5.41) is 12.0. The minimum Gasteiger partial charge on any atom is -0.323 e. The zero-order valence-corrected chi connectivity index (χ0v) is 12.8. The monoisotopic (exact) mass is 290 g/mol. The molecule has 0 radical (unpaired) electrons. The van der Waals surface area contributed by atoms with Crippen LogP contribution < -0.4 is 0 Å². The van der Waals surface area contributed by atoms with Gasteiger partial charge in [0.05, 0.1) is 17.6 Å². The number of aromatic nitrogens is 2. The van der Waals surface area contributed by atoms with E-state index >= 15 is 0 Å². The molecule has 1 N–H and O–H groups in total. The first kappa shape index (κ1) is 12.9. The van der Waals surface area contributed by atoms with E-state index in [0.29, 0.717) is 0 Å². The van der Waals surface area contributed by atoms with E-state index in [1.54, 1.807) is 0 Å². The van der Waals surface area contributed by atoms with Gasteiger partial charge in [0.15, 0.2) is 0 Å². The van der Waals surface area contributed by atoms with Gasteiger partial charge in [0, 0.05) is 5.56 Å². The standard InChI is InChI=1S/C18H15N3O/c1-10-7-14-13-5-4-6-17-18(13)21(12(3)20-17)9-16(14)11(2)15(10)8-19-22/h4-7H,9H2,1-3H3/p+1. The highest BCUT2D eigenvalue weighted by Gasteiger charge is 2.24. The Morgan fingerprint density at radius 2 is 2.05 bits per heavy atom. The fraction of sp³-hybridized carbons (Fsp3) is 0.222. The predicted octanol–water partition coefficient (Wildman–Crippen LogP) is 4.06. The maximum atomic E-state index is 8.86. The van der Waals surface area contributed by atoms with Gasteiger partial charge in [-0.1, -0.05) is 12.1 Å². The number of rotatable bonds is 0. The number of aryl methyl sites for hydroxylation is 2. The lowest BCUT2D eigenvalue weighted by atomic mass is 9.87. The maximum absolute atomic E-state index is 8.86. The SMILES string of the molecule is Cc1cc2c(c(C)c1C#[N+]O)Cn1c(C)nc3cccc-2c31. The Kier molecular flexibility index (Phi) is 2.55. The fourth-order valence-corrected chi connectivity index (χ4v) is 3.56. The molecule has 0 amide bonds. The second kappa shape index (κ2) is 4.35. The van der Waals surface area contributed by atoms with Gasteiger partial charge >= 0.3 is 6.07 Å². The Morgan fingerprint density at radius 3 is 2.82 bits per heavy atom. The molecular weight excluding hydrogens is 274 g/mol. The van der Waals surface area contributed by atoms with Gasteiger partial charge in [-0.05, 0) is 55.2 Å². The van der Waals surface area contributed by atoms with E-state index in [9.17, 15) is 0 Å². The second-order valence-corrected chi connectivity index (χ2v) is 5.85. The quantitative estimate of drug-likeness (QED) is 0.496. The van der Waals surface area contributed by atoms with Gasteiger partial charge in [-0.15, -0.1) is 0 Å². The molecule has 108 valence electrons. The molecule has 1 aliphatic rings. The minimum atomic E-state index is 0.793. The number of imidazole rings is 1. The van der Waals surface area contributed by atoms with Gasteiger partial charge in [-0.2, -0.15) is 5.21 Å². The third-order valence-corrected chi connectivity index (χ3v) is 4.63. The third kappa shape index (κ3) is 1.54. The smallest absolute Gasteiger partial charge is 0.323 e. The molecule has 0 fully saturated rings. The molecule has 0 unspecified atom stereocenters. The van der Waals surface area contributed by atoms with Crippen LogP contribution in [0.2, 0.25) is 0 Å². The summed E-state index contributed by atoms with van der Waals surface area (Å²) in [6.07, 6.45) is 0. The predicted molar refractivity (Wildman–Crippen MR) is 86.6 cm³/mol. The lowest BCUT2D eigenvalue weighted by Gasteiger charge is -2.23. The summed E-state index contributed by atoms with van der Waals surface area (Å²) in [6.45, 7) is 6.93. The van der Waals surface area contributed by atoms with E-state index in [0.717, 1.165) is 34.6 Å². The summed E-state index contributed by atoms with van der Waals surface area (Å²) < 4.78 is 2.26. The minimum absolute atomic E-state index is 0.793. The molecule has 4 heteroatoms. The van der Waals surface area contributed by atoms with Crippen LogP contribution in [-0.4, -0.2) is 14.8 Å². The van der Waals surface area contributed by atoms with Crippen LogP contribution >= 0.6 is 0 Å². The molecule has 0 aliphatic carbocycles. The number of hydrogen-bond donors (Lipinski definition) is 1. The molecule has 1 aromatic heterocycles. The van der Waals surface area contributed by atoms with E-state index in [2.05, 4.69) is 51.8 Å². The highest BCUT2D eigenvalue weighted by Crippen LogP contribution is 2.39. The van der Waals surface area contributed by atoms with Gasteiger partial charge in [0.25, 0.3) is 0 Å². The largest absolute Gasteiger partial charge is 0.388 e. The maximum Gasteiger partial charge on any atom is 0.388 e. The van der Waals surface area contributed by atoms with Crippen molar-refractivity contribution in [2.24, 2.45) is 0 Å². The molecule has 22 heavy (non-hydrogen) atoms. The molecule has 0 saturated carbocycles. The van der Waals surface area contributed by atoms with Crippen molar-refractivity contribution in [3.63, 3.8) is 0 Å².